The highest BCUT2D eigenvalue weighted by atomic mass is 79.9. The SMILES string of the molecule is CC1(C)C[C@@H](C(=O)Oc2cc(Cl)cc(Cl)c2)N(C(=O)c2ccc(Br)cc2)C1. The van der Waals surface area contributed by atoms with E-state index in [0.29, 0.717) is 28.6 Å². The van der Waals surface area contributed by atoms with Gasteiger partial charge in [-0.05, 0) is 54.3 Å². The molecule has 0 N–H and O–H groups in total. The summed E-state index contributed by atoms with van der Waals surface area (Å²) in [6.45, 7) is 4.52. The summed E-state index contributed by atoms with van der Waals surface area (Å²) in [4.78, 5) is 27.4. The summed E-state index contributed by atoms with van der Waals surface area (Å²) in [5.41, 5.74) is 0.334. The van der Waals surface area contributed by atoms with Crippen molar-refractivity contribution >= 4 is 51.0 Å². The minimum Gasteiger partial charge on any atom is -0.425 e. The molecule has 0 saturated carbocycles. The maximum absolute atomic E-state index is 13.0. The lowest BCUT2D eigenvalue weighted by atomic mass is 9.91. The average Bonchev–Trinajstić information content (AvgIpc) is 2.90. The number of amides is 1. The van der Waals surface area contributed by atoms with Gasteiger partial charge in [-0.25, -0.2) is 4.79 Å². The number of esters is 1. The quantitative estimate of drug-likeness (QED) is 0.433. The molecule has 1 atom stereocenters. The van der Waals surface area contributed by atoms with Crippen LogP contribution in [0.4, 0.5) is 0 Å². The molecule has 142 valence electrons. The van der Waals surface area contributed by atoms with Crippen LogP contribution in [0.15, 0.2) is 46.9 Å². The van der Waals surface area contributed by atoms with Gasteiger partial charge in [-0.15, -0.1) is 0 Å². The zero-order valence-corrected chi connectivity index (χ0v) is 17.9. The lowest BCUT2D eigenvalue weighted by Gasteiger charge is -2.23. The third kappa shape index (κ3) is 4.84. The first-order valence-electron chi connectivity index (χ1n) is 8.39. The summed E-state index contributed by atoms with van der Waals surface area (Å²) in [5.74, 6) is -0.429. The van der Waals surface area contributed by atoms with Crippen LogP contribution in [0.2, 0.25) is 10.0 Å². The maximum atomic E-state index is 13.0. The molecule has 1 heterocycles. The molecule has 1 aliphatic heterocycles. The maximum Gasteiger partial charge on any atom is 0.334 e. The van der Waals surface area contributed by atoms with Crippen LogP contribution in [-0.2, 0) is 4.79 Å². The van der Waals surface area contributed by atoms with E-state index in [4.69, 9.17) is 27.9 Å². The van der Waals surface area contributed by atoms with Gasteiger partial charge < -0.3 is 9.64 Å². The highest BCUT2D eigenvalue weighted by Crippen LogP contribution is 2.36. The molecule has 1 aliphatic rings. The zero-order valence-electron chi connectivity index (χ0n) is 14.8. The predicted molar refractivity (Wildman–Crippen MR) is 109 cm³/mol. The molecule has 1 amide bonds. The third-order valence-electron chi connectivity index (χ3n) is 4.40. The number of rotatable bonds is 3. The second kappa shape index (κ2) is 7.82. The van der Waals surface area contributed by atoms with Gasteiger partial charge in [-0.1, -0.05) is 53.0 Å². The van der Waals surface area contributed by atoms with Crippen molar-refractivity contribution in [3.63, 3.8) is 0 Å². The normalized spacial score (nSPS) is 18.4. The average molecular weight is 471 g/mol. The van der Waals surface area contributed by atoms with Gasteiger partial charge in [0.15, 0.2) is 0 Å². The number of ether oxygens (including phenoxy) is 1. The first-order chi connectivity index (χ1) is 12.6. The Hall–Kier alpha value is -1.56. The molecule has 0 unspecified atom stereocenters. The Bertz CT molecular complexity index is 863. The van der Waals surface area contributed by atoms with Crippen LogP contribution in [-0.4, -0.2) is 29.4 Å². The highest BCUT2D eigenvalue weighted by Gasteiger charge is 2.44. The fraction of sp³-hybridized carbons (Fsp3) is 0.300. The van der Waals surface area contributed by atoms with Crippen molar-refractivity contribution in [3.05, 3.63) is 62.5 Å². The smallest absolute Gasteiger partial charge is 0.334 e. The van der Waals surface area contributed by atoms with Crippen LogP contribution >= 0.6 is 39.1 Å². The molecule has 0 radical (unpaired) electrons. The summed E-state index contributed by atoms with van der Waals surface area (Å²) in [6, 6.07) is 11.0. The molecule has 7 heteroatoms. The summed E-state index contributed by atoms with van der Waals surface area (Å²) >= 11 is 15.3. The van der Waals surface area contributed by atoms with Gasteiger partial charge >= 0.3 is 5.97 Å². The molecule has 0 aromatic heterocycles. The molecular formula is C20H18BrCl2NO3. The molecule has 1 fully saturated rings. The van der Waals surface area contributed by atoms with E-state index in [1.807, 2.05) is 13.8 Å². The van der Waals surface area contributed by atoms with Gasteiger partial charge in [-0.3, -0.25) is 4.79 Å². The van der Waals surface area contributed by atoms with Gasteiger partial charge in [0, 0.05) is 26.6 Å². The Morgan fingerprint density at radius 3 is 2.30 bits per heavy atom. The molecule has 3 rings (SSSR count). The Balaban J connectivity index is 1.83. The predicted octanol–water partition coefficient (Wildman–Crippen LogP) is 5.60. The first-order valence-corrected chi connectivity index (χ1v) is 9.94. The van der Waals surface area contributed by atoms with Crippen molar-refractivity contribution in [2.24, 2.45) is 5.41 Å². The van der Waals surface area contributed by atoms with Crippen LogP contribution < -0.4 is 4.74 Å². The van der Waals surface area contributed by atoms with Crippen LogP contribution in [0.1, 0.15) is 30.6 Å². The summed E-state index contributed by atoms with van der Waals surface area (Å²) < 4.78 is 6.36. The monoisotopic (exact) mass is 469 g/mol. The fourth-order valence-electron chi connectivity index (χ4n) is 3.22. The van der Waals surface area contributed by atoms with Crippen LogP contribution in [0.25, 0.3) is 0 Å². The van der Waals surface area contributed by atoms with Crippen molar-refractivity contribution in [2.45, 2.75) is 26.3 Å². The topological polar surface area (TPSA) is 46.6 Å². The Kier molecular flexibility index (Phi) is 5.84. The number of benzene rings is 2. The zero-order chi connectivity index (χ0) is 19.8. The van der Waals surface area contributed by atoms with Gasteiger partial charge in [0.25, 0.3) is 5.91 Å². The van der Waals surface area contributed by atoms with Crippen molar-refractivity contribution in [2.75, 3.05) is 6.54 Å². The number of carbonyl (C=O) groups excluding carboxylic acids is 2. The molecule has 0 aliphatic carbocycles. The van der Waals surface area contributed by atoms with Crippen LogP contribution in [0.3, 0.4) is 0 Å². The standard InChI is InChI=1S/C20H18BrCl2NO3/c1-20(2)10-17(19(26)27-16-8-14(22)7-15(23)9-16)24(11-20)18(25)12-3-5-13(21)6-4-12/h3-9,17H,10-11H2,1-2H3/t17-/m0/s1. The second-order valence-corrected chi connectivity index (χ2v) is 9.14. The van der Waals surface area contributed by atoms with Crippen molar-refractivity contribution in [1.29, 1.82) is 0 Å². The van der Waals surface area contributed by atoms with Gasteiger partial charge in [-0.2, -0.15) is 0 Å². The summed E-state index contributed by atoms with van der Waals surface area (Å²) in [7, 11) is 0. The number of halogens is 3. The van der Waals surface area contributed by atoms with Gasteiger partial charge in [0.1, 0.15) is 11.8 Å². The number of hydrogen-bond donors (Lipinski definition) is 0. The first kappa shape index (κ1) is 20.2. The minimum atomic E-state index is -0.672. The van der Waals surface area contributed by atoms with Gasteiger partial charge in [0.05, 0.1) is 0 Å². The molecule has 2 aromatic carbocycles. The number of nitrogens with zero attached hydrogens (tertiary/aromatic N) is 1. The highest BCUT2D eigenvalue weighted by molar-refractivity contribution is 9.10. The largest absolute Gasteiger partial charge is 0.425 e. The van der Waals surface area contributed by atoms with Crippen molar-refractivity contribution < 1.29 is 14.3 Å². The fourth-order valence-corrected chi connectivity index (χ4v) is 3.99. The molecular weight excluding hydrogens is 453 g/mol. The Labute approximate surface area is 176 Å². The van der Waals surface area contributed by atoms with E-state index in [1.54, 1.807) is 35.2 Å². The minimum absolute atomic E-state index is 0.194. The Morgan fingerprint density at radius 1 is 1.11 bits per heavy atom. The molecule has 0 spiro atoms. The van der Waals surface area contributed by atoms with E-state index < -0.39 is 12.0 Å². The van der Waals surface area contributed by atoms with E-state index in [2.05, 4.69) is 15.9 Å². The van der Waals surface area contributed by atoms with E-state index in [9.17, 15) is 9.59 Å². The van der Waals surface area contributed by atoms with Crippen LogP contribution in [0.5, 0.6) is 5.75 Å². The van der Waals surface area contributed by atoms with Crippen LogP contribution in [0, 0.1) is 5.41 Å². The molecule has 2 aromatic rings. The second-order valence-electron chi connectivity index (χ2n) is 7.35. The lowest BCUT2D eigenvalue weighted by Crippen LogP contribution is -2.42. The van der Waals surface area contributed by atoms with E-state index in [1.165, 1.54) is 12.1 Å². The lowest BCUT2D eigenvalue weighted by molar-refractivity contribution is -0.138. The Morgan fingerprint density at radius 2 is 1.70 bits per heavy atom. The summed E-state index contributed by atoms with van der Waals surface area (Å²) in [6.07, 6.45) is 0.516. The van der Waals surface area contributed by atoms with Crippen molar-refractivity contribution in [3.8, 4) is 5.75 Å². The van der Waals surface area contributed by atoms with E-state index >= 15 is 0 Å². The molecule has 4 nitrogen and oxygen atoms in total. The summed E-state index contributed by atoms with van der Waals surface area (Å²) in [5, 5.41) is 0.750. The van der Waals surface area contributed by atoms with Gasteiger partial charge in [0.2, 0.25) is 0 Å². The number of likely N-dealkylation sites (tertiary alicyclic amines) is 1. The van der Waals surface area contributed by atoms with Crippen molar-refractivity contribution in [1.82, 2.24) is 4.90 Å². The number of carbonyl (C=O) groups is 2. The molecule has 1 saturated heterocycles. The molecule has 0 bridgehead atoms. The van der Waals surface area contributed by atoms with E-state index in [0.717, 1.165) is 4.47 Å². The molecule has 27 heavy (non-hydrogen) atoms. The third-order valence-corrected chi connectivity index (χ3v) is 5.36. The van der Waals surface area contributed by atoms with E-state index in [-0.39, 0.29) is 17.1 Å². The number of hydrogen-bond acceptors (Lipinski definition) is 3.